The Labute approximate surface area is 169 Å². The van der Waals surface area contributed by atoms with Crippen LogP contribution >= 0.6 is 11.6 Å². The summed E-state index contributed by atoms with van der Waals surface area (Å²) >= 11 is 6.11. The molecule has 148 valence electrons. The summed E-state index contributed by atoms with van der Waals surface area (Å²) in [6, 6.07) is 13.2. The molecule has 1 aliphatic rings. The Balaban J connectivity index is 1.48. The Bertz CT molecular complexity index is 833. The molecule has 6 nitrogen and oxygen atoms in total. The number of carbonyl (C=O) groups is 2. The number of carbonyl (C=O) groups excluding carboxylic acids is 2. The van der Waals surface area contributed by atoms with E-state index in [1.807, 2.05) is 0 Å². The quantitative estimate of drug-likeness (QED) is 0.804. The molecule has 0 aromatic heterocycles. The maximum absolute atomic E-state index is 12.6. The zero-order valence-corrected chi connectivity index (χ0v) is 16.4. The first-order valence-electron chi connectivity index (χ1n) is 9.24. The van der Waals surface area contributed by atoms with Gasteiger partial charge in [0.2, 0.25) is 0 Å². The number of benzene rings is 2. The van der Waals surface area contributed by atoms with Crippen molar-refractivity contribution in [3.8, 4) is 11.5 Å². The second-order valence-corrected chi connectivity index (χ2v) is 7.22. The monoisotopic (exact) mass is 402 g/mol. The van der Waals surface area contributed by atoms with Crippen molar-refractivity contribution in [2.45, 2.75) is 31.9 Å². The molecule has 2 N–H and O–H groups in total. The number of hydrogen-bond acceptors (Lipinski definition) is 4. The fourth-order valence-corrected chi connectivity index (χ4v) is 3.35. The molecule has 1 atom stereocenters. The Morgan fingerprint density at radius 1 is 1.14 bits per heavy atom. The largest absolute Gasteiger partial charge is 0.508 e. The fourth-order valence-electron chi connectivity index (χ4n) is 3.13. The molecule has 28 heavy (non-hydrogen) atoms. The van der Waals surface area contributed by atoms with Crippen LogP contribution in [0.3, 0.4) is 0 Å². The molecule has 2 amide bonds. The van der Waals surface area contributed by atoms with E-state index in [1.165, 1.54) is 12.1 Å². The Morgan fingerprint density at radius 2 is 1.79 bits per heavy atom. The van der Waals surface area contributed by atoms with Crippen LogP contribution in [0.25, 0.3) is 0 Å². The summed E-state index contributed by atoms with van der Waals surface area (Å²) in [5.74, 6) is 0.367. The highest BCUT2D eigenvalue weighted by molar-refractivity contribution is 6.33. The van der Waals surface area contributed by atoms with E-state index < -0.39 is 6.10 Å². The molecule has 1 aliphatic heterocycles. The van der Waals surface area contributed by atoms with Crippen LogP contribution in [0, 0.1) is 0 Å². The van der Waals surface area contributed by atoms with Crippen molar-refractivity contribution in [3.05, 3.63) is 59.1 Å². The molecule has 1 unspecified atom stereocenters. The van der Waals surface area contributed by atoms with Gasteiger partial charge in [-0.15, -0.1) is 0 Å². The standard InChI is InChI=1S/C21H23ClN2O4/c1-14(28-17-8-6-16(25)7-9-17)20(26)23-15-10-12-24(13-11-15)21(27)18-4-2-3-5-19(18)22/h2-9,14-15,25H,10-13H2,1H3,(H,23,26). The molecular formula is C21H23ClN2O4. The van der Waals surface area contributed by atoms with E-state index >= 15 is 0 Å². The highest BCUT2D eigenvalue weighted by Gasteiger charge is 2.27. The van der Waals surface area contributed by atoms with Gasteiger partial charge in [0.15, 0.2) is 6.10 Å². The number of nitrogens with one attached hydrogen (secondary N) is 1. The molecule has 0 radical (unpaired) electrons. The van der Waals surface area contributed by atoms with Crippen molar-refractivity contribution in [1.82, 2.24) is 10.2 Å². The maximum Gasteiger partial charge on any atom is 0.260 e. The highest BCUT2D eigenvalue weighted by Crippen LogP contribution is 2.20. The zero-order chi connectivity index (χ0) is 20.1. The van der Waals surface area contributed by atoms with Crippen LogP contribution in [-0.2, 0) is 4.79 Å². The minimum Gasteiger partial charge on any atom is -0.508 e. The third kappa shape index (κ3) is 4.95. The summed E-state index contributed by atoms with van der Waals surface area (Å²) in [5.41, 5.74) is 0.502. The predicted molar refractivity (Wildman–Crippen MR) is 107 cm³/mol. The summed E-state index contributed by atoms with van der Waals surface area (Å²) in [6.07, 6.45) is 0.689. The number of phenols is 1. The first kappa shape index (κ1) is 20.0. The van der Waals surface area contributed by atoms with Gasteiger partial charge in [0.25, 0.3) is 11.8 Å². The summed E-state index contributed by atoms with van der Waals surface area (Å²) in [6.45, 7) is 2.79. The summed E-state index contributed by atoms with van der Waals surface area (Å²) in [5, 5.41) is 12.7. The molecule has 2 aromatic rings. The number of ether oxygens (including phenoxy) is 1. The van der Waals surface area contributed by atoms with Gasteiger partial charge < -0.3 is 20.1 Å². The van der Waals surface area contributed by atoms with Crippen LogP contribution in [0.2, 0.25) is 5.02 Å². The van der Waals surface area contributed by atoms with Crippen molar-refractivity contribution < 1.29 is 19.4 Å². The zero-order valence-electron chi connectivity index (χ0n) is 15.6. The van der Waals surface area contributed by atoms with Crippen LogP contribution in [0.4, 0.5) is 0 Å². The predicted octanol–water partition coefficient (Wildman–Crippen LogP) is 3.23. The topological polar surface area (TPSA) is 78.9 Å². The van der Waals surface area contributed by atoms with Gasteiger partial charge in [0.05, 0.1) is 10.6 Å². The van der Waals surface area contributed by atoms with Crippen molar-refractivity contribution in [2.24, 2.45) is 0 Å². The van der Waals surface area contributed by atoms with Crippen LogP contribution < -0.4 is 10.1 Å². The molecular weight excluding hydrogens is 380 g/mol. The highest BCUT2D eigenvalue weighted by atomic mass is 35.5. The molecule has 1 fully saturated rings. The average Bonchev–Trinajstić information content (AvgIpc) is 2.70. The molecule has 0 saturated carbocycles. The van der Waals surface area contributed by atoms with Gasteiger partial charge in [0.1, 0.15) is 11.5 Å². The van der Waals surface area contributed by atoms with Gasteiger partial charge in [-0.25, -0.2) is 0 Å². The third-order valence-corrected chi connectivity index (χ3v) is 5.08. The molecule has 1 heterocycles. The number of hydrogen-bond donors (Lipinski definition) is 2. The number of phenolic OH excluding ortho intramolecular Hbond substituents is 1. The van der Waals surface area contributed by atoms with Gasteiger partial charge >= 0.3 is 0 Å². The normalized spacial score (nSPS) is 15.7. The molecule has 7 heteroatoms. The van der Waals surface area contributed by atoms with Crippen molar-refractivity contribution in [3.63, 3.8) is 0 Å². The van der Waals surface area contributed by atoms with Gasteiger partial charge in [-0.2, -0.15) is 0 Å². The molecule has 0 aliphatic carbocycles. The van der Waals surface area contributed by atoms with Gasteiger partial charge in [0, 0.05) is 19.1 Å². The molecule has 3 rings (SSSR count). The van der Waals surface area contributed by atoms with E-state index in [-0.39, 0.29) is 23.6 Å². The lowest BCUT2D eigenvalue weighted by molar-refractivity contribution is -0.128. The van der Waals surface area contributed by atoms with Gasteiger partial charge in [-0.1, -0.05) is 23.7 Å². The molecule has 0 bridgehead atoms. The van der Waals surface area contributed by atoms with E-state index in [4.69, 9.17) is 16.3 Å². The first-order chi connectivity index (χ1) is 13.4. The smallest absolute Gasteiger partial charge is 0.260 e. The number of nitrogens with zero attached hydrogens (tertiary/aromatic N) is 1. The Kier molecular flexibility index (Phi) is 6.41. The second kappa shape index (κ2) is 8.97. The first-order valence-corrected chi connectivity index (χ1v) is 9.61. The Morgan fingerprint density at radius 3 is 2.43 bits per heavy atom. The van der Waals surface area contributed by atoms with E-state index in [0.717, 1.165) is 0 Å². The van der Waals surface area contributed by atoms with E-state index in [0.29, 0.717) is 42.3 Å². The number of piperidine rings is 1. The SMILES string of the molecule is CC(Oc1ccc(O)cc1)C(=O)NC1CCN(C(=O)c2ccccc2Cl)CC1. The van der Waals surface area contributed by atoms with Gasteiger partial charge in [-0.3, -0.25) is 9.59 Å². The lowest BCUT2D eigenvalue weighted by Crippen LogP contribution is -2.49. The fraction of sp³-hybridized carbons (Fsp3) is 0.333. The molecule has 0 spiro atoms. The summed E-state index contributed by atoms with van der Waals surface area (Å²) < 4.78 is 5.60. The van der Waals surface area contributed by atoms with Crippen LogP contribution in [0.5, 0.6) is 11.5 Å². The molecule has 2 aromatic carbocycles. The minimum atomic E-state index is -0.660. The number of amides is 2. The molecule has 1 saturated heterocycles. The van der Waals surface area contributed by atoms with Crippen molar-refractivity contribution >= 4 is 23.4 Å². The van der Waals surface area contributed by atoms with Crippen LogP contribution in [0.1, 0.15) is 30.1 Å². The summed E-state index contributed by atoms with van der Waals surface area (Å²) in [4.78, 5) is 26.7. The maximum atomic E-state index is 12.6. The van der Waals surface area contributed by atoms with E-state index in [9.17, 15) is 14.7 Å². The summed E-state index contributed by atoms with van der Waals surface area (Å²) in [7, 11) is 0. The minimum absolute atomic E-state index is 0.00587. The van der Waals surface area contributed by atoms with Crippen LogP contribution in [-0.4, -0.2) is 47.1 Å². The van der Waals surface area contributed by atoms with Crippen LogP contribution in [0.15, 0.2) is 48.5 Å². The number of aromatic hydroxyl groups is 1. The number of halogens is 1. The van der Waals surface area contributed by atoms with Crippen molar-refractivity contribution in [1.29, 1.82) is 0 Å². The van der Waals surface area contributed by atoms with E-state index in [1.54, 1.807) is 48.2 Å². The number of rotatable bonds is 5. The lowest BCUT2D eigenvalue weighted by Gasteiger charge is -2.33. The average molecular weight is 403 g/mol. The second-order valence-electron chi connectivity index (χ2n) is 6.81. The van der Waals surface area contributed by atoms with Crippen molar-refractivity contribution in [2.75, 3.05) is 13.1 Å². The van der Waals surface area contributed by atoms with E-state index in [2.05, 4.69) is 5.32 Å². The lowest BCUT2D eigenvalue weighted by atomic mass is 10.0. The third-order valence-electron chi connectivity index (χ3n) is 4.75. The van der Waals surface area contributed by atoms with Gasteiger partial charge in [-0.05, 0) is 56.2 Å². The Hall–Kier alpha value is -2.73. The number of likely N-dealkylation sites (tertiary alicyclic amines) is 1.